The van der Waals surface area contributed by atoms with Crippen LogP contribution < -0.4 is 4.74 Å². The normalized spacial score (nSPS) is 20.5. The van der Waals surface area contributed by atoms with Crippen LogP contribution >= 0.6 is 0 Å². The molecule has 1 aromatic carbocycles. The van der Waals surface area contributed by atoms with Gasteiger partial charge in [-0.1, -0.05) is 50.6 Å². The van der Waals surface area contributed by atoms with Crippen LogP contribution in [0.1, 0.15) is 75.3 Å². The lowest BCUT2D eigenvalue weighted by Gasteiger charge is -2.29. The Morgan fingerprint density at radius 1 is 1.12 bits per heavy atom. The van der Waals surface area contributed by atoms with E-state index in [2.05, 4.69) is 44.4 Å². The highest BCUT2D eigenvalue weighted by molar-refractivity contribution is 5.39. The van der Waals surface area contributed by atoms with Crippen LogP contribution in [0, 0.1) is 5.92 Å². The highest BCUT2D eigenvalue weighted by Crippen LogP contribution is 2.39. The maximum Gasteiger partial charge on any atom is 0.122 e. The molecule has 0 unspecified atom stereocenters. The first-order chi connectivity index (χ1) is 11.8. The fourth-order valence-corrected chi connectivity index (χ4v) is 3.94. The fourth-order valence-electron chi connectivity index (χ4n) is 3.94. The first kappa shape index (κ1) is 18.8. The zero-order valence-electron chi connectivity index (χ0n) is 15.4. The minimum atomic E-state index is 0.589. The van der Waals surface area contributed by atoms with Crippen molar-refractivity contribution in [2.75, 3.05) is 6.61 Å². The summed E-state index contributed by atoms with van der Waals surface area (Å²) in [7, 11) is 0. The van der Waals surface area contributed by atoms with E-state index >= 15 is 0 Å². The predicted octanol–water partition coefficient (Wildman–Crippen LogP) is 6.83. The fraction of sp³-hybridized carbons (Fsp3) is 0.565. The van der Waals surface area contributed by atoms with Gasteiger partial charge in [-0.25, -0.2) is 0 Å². The van der Waals surface area contributed by atoms with Gasteiger partial charge in [-0.3, -0.25) is 0 Å². The van der Waals surface area contributed by atoms with E-state index in [0.717, 1.165) is 30.4 Å². The summed E-state index contributed by atoms with van der Waals surface area (Å²) in [6.07, 6.45) is 15.5. The summed E-state index contributed by atoms with van der Waals surface area (Å²) in [5.74, 6) is 2.72. The molecule has 0 spiro atoms. The molecule has 132 valence electrons. The molecule has 0 aromatic heterocycles. The second-order valence-electron chi connectivity index (χ2n) is 7.15. The molecule has 0 radical (unpaired) electrons. The number of rotatable bonds is 10. The number of allylic oxidation sites excluding steroid dienone is 1. The Morgan fingerprint density at radius 2 is 1.92 bits per heavy atom. The summed E-state index contributed by atoms with van der Waals surface area (Å²) in [5.41, 5.74) is 2.89. The molecule has 0 heterocycles. The molecule has 1 heteroatoms. The van der Waals surface area contributed by atoms with E-state index in [-0.39, 0.29) is 0 Å². The largest absolute Gasteiger partial charge is 0.489 e. The molecule has 1 saturated carbocycles. The molecule has 0 saturated heterocycles. The Hall–Kier alpha value is -1.50. The van der Waals surface area contributed by atoms with Crippen LogP contribution in [0.3, 0.4) is 0 Å². The van der Waals surface area contributed by atoms with Gasteiger partial charge in [0.1, 0.15) is 12.4 Å². The second-order valence-corrected chi connectivity index (χ2v) is 7.15. The van der Waals surface area contributed by atoms with Crippen LogP contribution in [0.15, 0.2) is 43.5 Å². The van der Waals surface area contributed by atoms with E-state index in [9.17, 15) is 0 Å². The molecule has 24 heavy (non-hydrogen) atoms. The lowest BCUT2D eigenvalue weighted by Crippen LogP contribution is -2.13. The first-order valence-electron chi connectivity index (χ1n) is 9.75. The third-order valence-corrected chi connectivity index (χ3v) is 5.30. The number of ether oxygens (including phenoxy) is 1. The van der Waals surface area contributed by atoms with Crippen LogP contribution in [0.5, 0.6) is 5.75 Å². The topological polar surface area (TPSA) is 9.23 Å². The molecule has 0 N–H and O–H groups in total. The maximum absolute atomic E-state index is 5.83. The Labute approximate surface area is 148 Å². The van der Waals surface area contributed by atoms with Crippen LogP contribution in [0.2, 0.25) is 0 Å². The Morgan fingerprint density at radius 3 is 2.58 bits per heavy atom. The molecule has 1 fully saturated rings. The molecule has 1 nitrogen and oxygen atoms in total. The molecule has 0 atom stereocenters. The van der Waals surface area contributed by atoms with Gasteiger partial charge >= 0.3 is 0 Å². The highest BCUT2D eigenvalue weighted by Gasteiger charge is 2.22. The van der Waals surface area contributed by atoms with E-state index in [0.29, 0.717) is 6.61 Å². The average Bonchev–Trinajstić information content (AvgIpc) is 2.62. The lowest BCUT2D eigenvalue weighted by molar-refractivity contribution is 0.305. The molecule has 0 amide bonds. The molecule has 0 bridgehead atoms. The van der Waals surface area contributed by atoms with Gasteiger partial charge in [0.2, 0.25) is 0 Å². The Kier molecular flexibility index (Phi) is 8.15. The smallest absolute Gasteiger partial charge is 0.122 e. The van der Waals surface area contributed by atoms with Crippen LogP contribution in [0.25, 0.3) is 0 Å². The number of hydrogen-bond acceptors (Lipinski definition) is 1. The van der Waals surface area contributed by atoms with Gasteiger partial charge in [0.05, 0.1) is 0 Å². The molecular formula is C23H34O. The molecule has 2 rings (SSSR count). The minimum Gasteiger partial charge on any atom is -0.489 e. The summed E-state index contributed by atoms with van der Waals surface area (Å²) in [4.78, 5) is 0. The van der Waals surface area contributed by atoms with Crippen molar-refractivity contribution in [3.8, 4) is 5.75 Å². The van der Waals surface area contributed by atoms with Gasteiger partial charge in [0.25, 0.3) is 0 Å². The van der Waals surface area contributed by atoms with Crippen molar-refractivity contribution in [2.24, 2.45) is 5.92 Å². The van der Waals surface area contributed by atoms with Gasteiger partial charge in [-0.15, -0.1) is 6.58 Å². The zero-order chi connectivity index (χ0) is 17.2. The third kappa shape index (κ3) is 5.54. The molecule has 1 aliphatic carbocycles. The number of unbranched alkanes of at least 4 members (excludes halogenated alkanes) is 1. The van der Waals surface area contributed by atoms with Crippen molar-refractivity contribution >= 4 is 0 Å². The third-order valence-electron chi connectivity index (χ3n) is 5.30. The van der Waals surface area contributed by atoms with Crippen molar-refractivity contribution in [3.63, 3.8) is 0 Å². The van der Waals surface area contributed by atoms with Gasteiger partial charge < -0.3 is 4.74 Å². The quantitative estimate of drug-likeness (QED) is 0.338. The number of hydrogen-bond donors (Lipinski definition) is 0. The van der Waals surface area contributed by atoms with Crippen molar-refractivity contribution in [2.45, 2.75) is 70.6 Å². The van der Waals surface area contributed by atoms with Crippen molar-refractivity contribution in [1.82, 2.24) is 0 Å². The average molecular weight is 327 g/mol. The van der Waals surface area contributed by atoms with E-state index in [1.165, 1.54) is 56.1 Å². The summed E-state index contributed by atoms with van der Waals surface area (Å²) >= 11 is 0. The second kappa shape index (κ2) is 10.4. The summed E-state index contributed by atoms with van der Waals surface area (Å²) in [6, 6.07) is 6.88. The lowest BCUT2D eigenvalue weighted by atomic mass is 9.76. The standard InChI is InChI=1S/C23H34O/c1-4-7-8-10-19-11-13-20(14-12-19)21-15-16-23(24-17-6-3)22(18-21)9-5-2/h4,6,15-16,18-20H,1,3,5,7-14,17H2,2H3. The summed E-state index contributed by atoms with van der Waals surface area (Å²) in [6.45, 7) is 10.4. The van der Waals surface area contributed by atoms with Crippen LogP contribution in [-0.2, 0) is 6.42 Å². The zero-order valence-corrected chi connectivity index (χ0v) is 15.4. The van der Waals surface area contributed by atoms with Crippen molar-refractivity contribution in [3.05, 3.63) is 54.6 Å². The van der Waals surface area contributed by atoms with E-state index in [4.69, 9.17) is 4.74 Å². The highest BCUT2D eigenvalue weighted by atomic mass is 16.5. The molecular weight excluding hydrogens is 292 g/mol. The first-order valence-corrected chi connectivity index (χ1v) is 9.75. The molecule has 1 aromatic rings. The maximum atomic E-state index is 5.83. The van der Waals surface area contributed by atoms with Crippen LogP contribution in [-0.4, -0.2) is 6.61 Å². The number of aryl methyl sites for hydroxylation is 1. The van der Waals surface area contributed by atoms with E-state index in [1.807, 2.05) is 6.08 Å². The minimum absolute atomic E-state index is 0.589. The van der Waals surface area contributed by atoms with Gasteiger partial charge in [0.15, 0.2) is 0 Å². The Balaban J connectivity index is 1.95. The number of benzene rings is 1. The van der Waals surface area contributed by atoms with E-state index < -0.39 is 0 Å². The molecule has 1 aliphatic rings. The van der Waals surface area contributed by atoms with E-state index in [1.54, 1.807) is 0 Å². The summed E-state index contributed by atoms with van der Waals surface area (Å²) in [5, 5.41) is 0. The van der Waals surface area contributed by atoms with Crippen LogP contribution in [0.4, 0.5) is 0 Å². The predicted molar refractivity (Wildman–Crippen MR) is 105 cm³/mol. The van der Waals surface area contributed by atoms with Gasteiger partial charge in [-0.2, -0.15) is 0 Å². The monoisotopic (exact) mass is 326 g/mol. The summed E-state index contributed by atoms with van der Waals surface area (Å²) < 4.78 is 5.83. The van der Waals surface area contributed by atoms with Gasteiger partial charge in [-0.05, 0) is 74.0 Å². The Bertz CT molecular complexity index is 509. The van der Waals surface area contributed by atoms with Crippen molar-refractivity contribution < 1.29 is 4.74 Å². The SMILES string of the molecule is C=CCCCC1CCC(c2ccc(OCC=C)c(CCC)c2)CC1. The molecule has 0 aliphatic heterocycles. The van der Waals surface area contributed by atoms with Gasteiger partial charge in [0, 0.05) is 0 Å². The van der Waals surface area contributed by atoms with Crippen molar-refractivity contribution in [1.29, 1.82) is 0 Å².